The number of hydrogen-bond acceptors (Lipinski definition) is 6. The van der Waals surface area contributed by atoms with Gasteiger partial charge in [0, 0.05) is 30.9 Å². The van der Waals surface area contributed by atoms with Gasteiger partial charge in [0.15, 0.2) is 0 Å². The van der Waals surface area contributed by atoms with E-state index in [1.807, 2.05) is 6.92 Å². The van der Waals surface area contributed by atoms with Crippen LogP contribution in [0.2, 0.25) is 0 Å². The maximum Gasteiger partial charge on any atom is 0.305 e. The normalized spacial score (nSPS) is 10.2. The molecule has 1 aromatic rings. The SMILES string of the molecule is CCCCOC(=O)CCCC(=O)OCCc1ccccc1[N+](=O)[O-]. The number of carbonyl (C=O) groups excluding carboxylic acids is 2. The molecule has 7 heteroatoms. The second kappa shape index (κ2) is 11.2. The highest BCUT2D eigenvalue weighted by Gasteiger charge is 2.13. The van der Waals surface area contributed by atoms with E-state index in [2.05, 4.69) is 0 Å². The van der Waals surface area contributed by atoms with Crippen molar-refractivity contribution in [2.75, 3.05) is 13.2 Å². The third-order valence-corrected chi connectivity index (χ3v) is 3.35. The largest absolute Gasteiger partial charge is 0.466 e. The molecule has 0 aliphatic carbocycles. The first kappa shape index (κ1) is 19.6. The summed E-state index contributed by atoms with van der Waals surface area (Å²) in [5, 5.41) is 10.9. The van der Waals surface area contributed by atoms with Crippen molar-refractivity contribution in [1.29, 1.82) is 0 Å². The first-order valence-corrected chi connectivity index (χ1v) is 8.08. The van der Waals surface area contributed by atoms with E-state index in [9.17, 15) is 19.7 Å². The Bertz CT molecular complexity index is 558. The van der Waals surface area contributed by atoms with E-state index < -0.39 is 10.9 Å². The molecule has 0 saturated heterocycles. The first-order valence-electron chi connectivity index (χ1n) is 8.08. The van der Waals surface area contributed by atoms with Gasteiger partial charge in [-0.2, -0.15) is 0 Å². The number of nitro groups is 1. The Morgan fingerprint density at radius 2 is 1.67 bits per heavy atom. The summed E-state index contributed by atoms with van der Waals surface area (Å²) in [6, 6.07) is 6.35. The molecule has 0 N–H and O–H groups in total. The molecule has 0 aliphatic rings. The van der Waals surface area contributed by atoms with Crippen molar-refractivity contribution in [2.24, 2.45) is 0 Å². The number of nitrogens with zero attached hydrogens (tertiary/aromatic N) is 1. The summed E-state index contributed by atoms with van der Waals surface area (Å²) >= 11 is 0. The van der Waals surface area contributed by atoms with Crippen LogP contribution in [0.15, 0.2) is 24.3 Å². The minimum atomic E-state index is -0.457. The van der Waals surface area contributed by atoms with Gasteiger partial charge in [0.1, 0.15) is 0 Å². The number of unbranched alkanes of at least 4 members (excludes halogenated alkanes) is 1. The van der Waals surface area contributed by atoms with Crippen LogP contribution >= 0.6 is 0 Å². The second-order valence-corrected chi connectivity index (χ2v) is 5.28. The minimum Gasteiger partial charge on any atom is -0.466 e. The molecule has 0 fully saturated rings. The summed E-state index contributed by atoms with van der Waals surface area (Å²) in [7, 11) is 0. The van der Waals surface area contributed by atoms with Gasteiger partial charge < -0.3 is 9.47 Å². The fourth-order valence-electron chi connectivity index (χ4n) is 2.03. The molecule has 0 aromatic heterocycles. The van der Waals surface area contributed by atoms with E-state index in [1.54, 1.807) is 18.2 Å². The quantitative estimate of drug-likeness (QED) is 0.266. The maximum absolute atomic E-state index is 11.6. The van der Waals surface area contributed by atoms with Gasteiger partial charge in [-0.05, 0) is 12.8 Å². The third-order valence-electron chi connectivity index (χ3n) is 3.35. The Morgan fingerprint density at radius 3 is 2.29 bits per heavy atom. The number of para-hydroxylation sites is 1. The van der Waals surface area contributed by atoms with Gasteiger partial charge >= 0.3 is 11.9 Å². The van der Waals surface area contributed by atoms with Gasteiger partial charge in [0.05, 0.1) is 18.1 Å². The minimum absolute atomic E-state index is 0.0170. The smallest absolute Gasteiger partial charge is 0.305 e. The number of carbonyl (C=O) groups is 2. The van der Waals surface area contributed by atoms with E-state index in [4.69, 9.17) is 9.47 Å². The second-order valence-electron chi connectivity index (χ2n) is 5.28. The highest BCUT2D eigenvalue weighted by molar-refractivity contribution is 5.72. The van der Waals surface area contributed by atoms with Crippen molar-refractivity contribution in [3.8, 4) is 0 Å². The van der Waals surface area contributed by atoms with Gasteiger partial charge in [-0.3, -0.25) is 19.7 Å². The van der Waals surface area contributed by atoms with Gasteiger partial charge in [0.25, 0.3) is 5.69 Å². The molecule has 24 heavy (non-hydrogen) atoms. The first-order chi connectivity index (χ1) is 11.5. The molecule has 0 unspecified atom stereocenters. The summed E-state index contributed by atoms with van der Waals surface area (Å²) in [5.41, 5.74) is 0.540. The molecule has 0 radical (unpaired) electrons. The number of ether oxygens (including phenoxy) is 2. The van der Waals surface area contributed by atoms with Crippen LogP contribution in [-0.2, 0) is 25.5 Å². The summed E-state index contributed by atoms with van der Waals surface area (Å²) in [4.78, 5) is 33.4. The predicted octanol–water partition coefficient (Wildman–Crippen LogP) is 3.19. The average Bonchev–Trinajstić information content (AvgIpc) is 2.55. The number of esters is 2. The lowest BCUT2D eigenvalue weighted by atomic mass is 10.1. The topological polar surface area (TPSA) is 95.7 Å². The van der Waals surface area contributed by atoms with Crippen molar-refractivity contribution in [3.05, 3.63) is 39.9 Å². The zero-order valence-corrected chi connectivity index (χ0v) is 13.9. The van der Waals surface area contributed by atoms with Crippen LogP contribution in [0.5, 0.6) is 0 Å². The highest BCUT2D eigenvalue weighted by Crippen LogP contribution is 2.18. The molecule has 0 spiro atoms. The van der Waals surface area contributed by atoms with Crippen LogP contribution in [0.4, 0.5) is 5.69 Å². The number of hydrogen-bond donors (Lipinski definition) is 0. The summed E-state index contributed by atoms with van der Waals surface area (Å²) in [5.74, 6) is -0.730. The lowest BCUT2D eigenvalue weighted by molar-refractivity contribution is -0.385. The van der Waals surface area contributed by atoms with Gasteiger partial charge in [0.2, 0.25) is 0 Å². The lowest BCUT2D eigenvalue weighted by Crippen LogP contribution is -2.10. The monoisotopic (exact) mass is 337 g/mol. The third kappa shape index (κ3) is 7.71. The Balaban J connectivity index is 2.21. The van der Waals surface area contributed by atoms with Crippen LogP contribution in [0, 0.1) is 10.1 Å². The van der Waals surface area contributed by atoms with E-state index in [-0.39, 0.29) is 37.5 Å². The maximum atomic E-state index is 11.6. The Labute approximate surface area is 141 Å². The fraction of sp³-hybridized carbons (Fsp3) is 0.529. The predicted molar refractivity (Wildman–Crippen MR) is 87.5 cm³/mol. The molecule has 0 bridgehead atoms. The number of rotatable bonds is 11. The van der Waals surface area contributed by atoms with Crippen molar-refractivity contribution in [3.63, 3.8) is 0 Å². The van der Waals surface area contributed by atoms with E-state index in [1.165, 1.54) is 6.07 Å². The molecule has 0 atom stereocenters. The van der Waals surface area contributed by atoms with Crippen molar-refractivity contribution < 1.29 is 24.0 Å². The molecule has 0 amide bonds. The Hall–Kier alpha value is -2.44. The zero-order chi connectivity index (χ0) is 17.8. The lowest BCUT2D eigenvalue weighted by Gasteiger charge is -2.06. The molecule has 0 heterocycles. The van der Waals surface area contributed by atoms with E-state index in [0.29, 0.717) is 18.6 Å². The zero-order valence-electron chi connectivity index (χ0n) is 13.9. The van der Waals surface area contributed by atoms with Crippen LogP contribution < -0.4 is 0 Å². The summed E-state index contributed by atoms with van der Waals surface area (Å²) in [6.45, 7) is 2.49. The summed E-state index contributed by atoms with van der Waals surface area (Å²) < 4.78 is 10.0. The van der Waals surface area contributed by atoms with Gasteiger partial charge in [-0.25, -0.2) is 0 Å². The average molecular weight is 337 g/mol. The van der Waals surface area contributed by atoms with Crippen molar-refractivity contribution >= 4 is 17.6 Å². The number of benzene rings is 1. The molecule has 0 saturated carbocycles. The Morgan fingerprint density at radius 1 is 1.04 bits per heavy atom. The van der Waals surface area contributed by atoms with Crippen molar-refractivity contribution in [1.82, 2.24) is 0 Å². The molecular formula is C17H23NO6. The molecule has 1 rings (SSSR count). The van der Waals surface area contributed by atoms with E-state index in [0.717, 1.165) is 12.8 Å². The van der Waals surface area contributed by atoms with E-state index >= 15 is 0 Å². The van der Waals surface area contributed by atoms with Crippen LogP contribution in [0.1, 0.15) is 44.6 Å². The van der Waals surface area contributed by atoms with Crippen molar-refractivity contribution in [2.45, 2.75) is 45.4 Å². The highest BCUT2D eigenvalue weighted by atomic mass is 16.6. The fourth-order valence-corrected chi connectivity index (χ4v) is 2.03. The number of nitro benzene ring substituents is 1. The van der Waals surface area contributed by atoms with Gasteiger partial charge in [-0.1, -0.05) is 31.5 Å². The van der Waals surface area contributed by atoms with Crippen LogP contribution in [0.25, 0.3) is 0 Å². The molecule has 132 valence electrons. The summed E-state index contributed by atoms with van der Waals surface area (Å²) in [6.07, 6.45) is 2.75. The molecule has 1 aromatic carbocycles. The molecular weight excluding hydrogens is 314 g/mol. The standard InChI is InChI=1S/C17H23NO6/c1-2-3-12-23-16(19)9-6-10-17(20)24-13-11-14-7-4-5-8-15(14)18(21)22/h4-5,7-8H,2-3,6,9-13H2,1H3. The Kier molecular flexibility index (Phi) is 9.11. The van der Waals surface area contributed by atoms with Crippen LogP contribution in [-0.4, -0.2) is 30.1 Å². The molecule has 0 aliphatic heterocycles. The van der Waals surface area contributed by atoms with Crippen LogP contribution in [0.3, 0.4) is 0 Å². The molecule has 7 nitrogen and oxygen atoms in total. The van der Waals surface area contributed by atoms with Gasteiger partial charge in [-0.15, -0.1) is 0 Å².